The van der Waals surface area contributed by atoms with E-state index in [9.17, 15) is 8.42 Å². The molecule has 0 fully saturated rings. The molecule has 20 heavy (non-hydrogen) atoms. The monoisotopic (exact) mass is 308 g/mol. The summed E-state index contributed by atoms with van der Waals surface area (Å²) < 4.78 is 27.2. The number of hydrogen-bond donors (Lipinski definition) is 2. The molecule has 4 nitrogen and oxygen atoms in total. The summed E-state index contributed by atoms with van der Waals surface area (Å²) in [6, 6.07) is 9.15. The number of thiophene rings is 1. The Morgan fingerprint density at radius 2 is 2.20 bits per heavy atom. The fourth-order valence-corrected chi connectivity index (χ4v) is 4.04. The van der Waals surface area contributed by atoms with Crippen molar-refractivity contribution in [1.82, 2.24) is 4.72 Å². The Labute approximate surface area is 122 Å². The van der Waals surface area contributed by atoms with E-state index in [-0.39, 0.29) is 0 Å². The molecule has 2 heterocycles. The van der Waals surface area contributed by atoms with Gasteiger partial charge in [-0.1, -0.05) is 12.1 Å². The summed E-state index contributed by atoms with van der Waals surface area (Å²) in [5.41, 5.74) is 2.13. The van der Waals surface area contributed by atoms with Crippen LogP contribution in [-0.4, -0.2) is 15.0 Å². The molecule has 0 saturated carbocycles. The number of hydrogen-bond acceptors (Lipinski definition) is 4. The molecule has 3 rings (SSSR count). The molecule has 1 aromatic carbocycles. The fourth-order valence-electron chi connectivity index (χ4n) is 2.27. The molecule has 0 spiro atoms. The second kappa shape index (κ2) is 5.55. The standard InChI is InChI=1S/C14H16N2O2S2/c17-20(18,16-10-12-4-2-8-19-12)13-6-5-11-3-1-7-15-14(11)9-13/h2,4-6,8-9,15-16H,1,3,7,10H2. The minimum Gasteiger partial charge on any atom is -0.385 e. The van der Waals surface area contributed by atoms with Crippen molar-refractivity contribution in [3.8, 4) is 0 Å². The van der Waals surface area contributed by atoms with Crippen molar-refractivity contribution in [2.45, 2.75) is 24.3 Å². The Morgan fingerprint density at radius 3 is 3.00 bits per heavy atom. The van der Waals surface area contributed by atoms with Crippen LogP contribution in [0.15, 0.2) is 40.6 Å². The van der Waals surface area contributed by atoms with Crippen LogP contribution in [0.25, 0.3) is 0 Å². The van der Waals surface area contributed by atoms with Crippen molar-refractivity contribution in [2.75, 3.05) is 11.9 Å². The van der Waals surface area contributed by atoms with Gasteiger partial charge in [0, 0.05) is 23.7 Å². The lowest BCUT2D eigenvalue weighted by atomic mass is 10.0. The average molecular weight is 308 g/mol. The summed E-state index contributed by atoms with van der Waals surface area (Å²) in [7, 11) is -3.45. The van der Waals surface area contributed by atoms with Gasteiger partial charge in [-0.25, -0.2) is 13.1 Å². The lowest BCUT2D eigenvalue weighted by molar-refractivity contribution is 0.581. The van der Waals surface area contributed by atoms with Crippen molar-refractivity contribution >= 4 is 27.0 Å². The van der Waals surface area contributed by atoms with Gasteiger partial charge in [0.1, 0.15) is 0 Å². The largest absolute Gasteiger partial charge is 0.385 e. The van der Waals surface area contributed by atoms with Crippen LogP contribution in [0, 0.1) is 0 Å². The number of rotatable bonds is 4. The predicted octanol–water partition coefficient (Wildman–Crippen LogP) is 2.58. The van der Waals surface area contributed by atoms with Crippen LogP contribution < -0.4 is 10.0 Å². The zero-order chi connectivity index (χ0) is 14.0. The molecule has 0 bridgehead atoms. The van der Waals surface area contributed by atoms with E-state index in [4.69, 9.17) is 0 Å². The Kier molecular flexibility index (Phi) is 3.78. The number of fused-ring (bicyclic) bond motifs is 1. The molecule has 2 N–H and O–H groups in total. The van der Waals surface area contributed by atoms with E-state index < -0.39 is 10.0 Å². The van der Waals surface area contributed by atoms with Gasteiger partial charge in [-0.15, -0.1) is 11.3 Å². The number of benzene rings is 1. The molecule has 1 aromatic heterocycles. The molecule has 2 aromatic rings. The Morgan fingerprint density at radius 1 is 1.30 bits per heavy atom. The van der Waals surface area contributed by atoms with E-state index in [1.54, 1.807) is 23.5 Å². The molecule has 0 atom stereocenters. The Hall–Kier alpha value is -1.37. The van der Waals surface area contributed by atoms with Gasteiger partial charge >= 0.3 is 0 Å². The normalized spacial score (nSPS) is 14.6. The van der Waals surface area contributed by atoms with Crippen LogP contribution in [0.3, 0.4) is 0 Å². The van der Waals surface area contributed by atoms with E-state index in [1.165, 1.54) is 5.56 Å². The molecule has 0 aliphatic carbocycles. The van der Waals surface area contributed by atoms with Crippen LogP contribution in [0.2, 0.25) is 0 Å². The molecule has 0 radical (unpaired) electrons. The molecule has 0 saturated heterocycles. The summed E-state index contributed by atoms with van der Waals surface area (Å²) >= 11 is 1.54. The highest BCUT2D eigenvalue weighted by Gasteiger charge is 2.17. The Bertz CT molecular complexity index is 694. The van der Waals surface area contributed by atoms with Crippen LogP contribution >= 0.6 is 11.3 Å². The number of aryl methyl sites for hydroxylation is 1. The van der Waals surface area contributed by atoms with Crippen LogP contribution in [0.4, 0.5) is 5.69 Å². The summed E-state index contributed by atoms with van der Waals surface area (Å²) in [5, 5.41) is 5.19. The van der Waals surface area contributed by atoms with Crippen molar-refractivity contribution in [2.24, 2.45) is 0 Å². The molecule has 106 valence electrons. The third-order valence-corrected chi connectivity index (χ3v) is 5.62. The summed E-state index contributed by atoms with van der Waals surface area (Å²) in [4.78, 5) is 1.33. The first kappa shape index (κ1) is 13.6. The highest BCUT2D eigenvalue weighted by Crippen LogP contribution is 2.25. The molecular formula is C14H16N2O2S2. The van der Waals surface area contributed by atoms with E-state index in [2.05, 4.69) is 10.0 Å². The van der Waals surface area contributed by atoms with Crippen molar-refractivity contribution in [3.63, 3.8) is 0 Å². The van der Waals surface area contributed by atoms with Crippen LogP contribution in [-0.2, 0) is 23.0 Å². The fraction of sp³-hybridized carbons (Fsp3) is 0.286. The van der Waals surface area contributed by atoms with Gasteiger partial charge in [-0.2, -0.15) is 0 Å². The van der Waals surface area contributed by atoms with Crippen LogP contribution in [0.1, 0.15) is 16.9 Å². The SMILES string of the molecule is O=S(=O)(NCc1cccs1)c1ccc2c(c1)NCCC2. The van der Waals surface area contributed by atoms with Gasteiger partial charge in [-0.05, 0) is 42.0 Å². The number of nitrogens with one attached hydrogen (secondary N) is 2. The van der Waals surface area contributed by atoms with Crippen molar-refractivity contribution < 1.29 is 8.42 Å². The molecular weight excluding hydrogens is 292 g/mol. The van der Waals surface area contributed by atoms with Gasteiger partial charge in [0.15, 0.2) is 0 Å². The molecule has 0 amide bonds. The first-order valence-electron chi connectivity index (χ1n) is 6.54. The molecule has 0 unspecified atom stereocenters. The van der Waals surface area contributed by atoms with Gasteiger partial charge in [0.05, 0.1) is 4.90 Å². The molecule has 1 aliphatic heterocycles. The second-order valence-electron chi connectivity index (χ2n) is 4.75. The van der Waals surface area contributed by atoms with Gasteiger partial charge in [0.25, 0.3) is 0 Å². The topological polar surface area (TPSA) is 58.2 Å². The number of sulfonamides is 1. The predicted molar refractivity (Wildman–Crippen MR) is 81.6 cm³/mol. The van der Waals surface area contributed by atoms with Crippen molar-refractivity contribution in [3.05, 3.63) is 46.2 Å². The summed E-state index contributed by atoms with van der Waals surface area (Å²) in [5.74, 6) is 0. The smallest absolute Gasteiger partial charge is 0.240 e. The first-order valence-corrected chi connectivity index (χ1v) is 8.90. The maximum absolute atomic E-state index is 12.3. The quantitative estimate of drug-likeness (QED) is 0.913. The summed E-state index contributed by atoms with van der Waals surface area (Å²) in [6.45, 7) is 1.24. The molecule has 6 heteroatoms. The minimum atomic E-state index is -3.45. The highest BCUT2D eigenvalue weighted by molar-refractivity contribution is 7.89. The number of anilines is 1. The second-order valence-corrected chi connectivity index (χ2v) is 7.55. The average Bonchev–Trinajstić information content (AvgIpc) is 2.98. The summed E-state index contributed by atoms with van der Waals surface area (Å²) in [6.07, 6.45) is 2.10. The maximum Gasteiger partial charge on any atom is 0.240 e. The van der Waals surface area contributed by atoms with Gasteiger partial charge < -0.3 is 5.32 Å². The van der Waals surface area contributed by atoms with E-state index in [1.807, 2.05) is 23.6 Å². The lowest BCUT2D eigenvalue weighted by Crippen LogP contribution is -2.23. The minimum absolute atomic E-state index is 0.321. The maximum atomic E-state index is 12.3. The zero-order valence-electron chi connectivity index (χ0n) is 10.9. The van der Waals surface area contributed by atoms with Gasteiger partial charge in [0.2, 0.25) is 10.0 Å². The van der Waals surface area contributed by atoms with E-state index in [0.29, 0.717) is 11.4 Å². The zero-order valence-corrected chi connectivity index (χ0v) is 12.6. The highest BCUT2D eigenvalue weighted by atomic mass is 32.2. The first-order chi connectivity index (χ1) is 9.65. The molecule has 1 aliphatic rings. The van der Waals surface area contributed by atoms with E-state index in [0.717, 1.165) is 30.0 Å². The lowest BCUT2D eigenvalue weighted by Gasteiger charge is -2.18. The van der Waals surface area contributed by atoms with Crippen molar-refractivity contribution in [1.29, 1.82) is 0 Å². The third kappa shape index (κ3) is 2.87. The Balaban J connectivity index is 1.80. The van der Waals surface area contributed by atoms with Gasteiger partial charge in [-0.3, -0.25) is 0 Å². The van der Waals surface area contributed by atoms with Crippen LogP contribution in [0.5, 0.6) is 0 Å². The third-order valence-electron chi connectivity index (χ3n) is 3.35. The van der Waals surface area contributed by atoms with E-state index >= 15 is 0 Å².